The zero-order valence-corrected chi connectivity index (χ0v) is 10.5. The Labute approximate surface area is 92.3 Å². The van der Waals surface area contributed by atoms with Crippen molar-refractivity contribution in [2.45, 2.75) is 4.90 Å². The van der Waals surface area contributed by atoms with Crippen LogP contribution in [0, 0.1) is 5.82 Å². The molecular weight excluding hydrogens is 327 g/mol. The second-order valence-electron chi connectivity index (χ2n) is 2.47. The highest BCUT2D eigenvalue weighted by Gasteiger charge is 2.16. The maximum Gasteiger partial charge on any atom is 0.178 e. The van der Waals surface area contributed by atoms with E-state index in [1.54, 1.807) is 0 Å². The molecule has 0 unspecified atom stereocenters. The molecule has 0 spiro atoms. The summed E-state index contributed by atoms with van der Waals surface area (Å²) in [7, 11) is -3.51. The third kappa shape index (κ3) is 2.51. The number of rotatable bonds is 1. The van der Waals surface area contributed by atoms with Crippen LogP contribution >= 0.6 is 31.9 Å². The van der Waals surface area contributed by atoms with Gasteiger partial charge >= 0.3 is 0 Å². The standard InChI is InChI=1S/C7H5Br2FO2S/c1-13(11,12)6-3-4(8)2-5(9)7(6)10/h2-3H,1H3. The summed E-state index contributed by atoms with van der Waals surface area (Å²) in [6.45, 7) is 0. The molecule has 13 heavy (non-hydrogen) atoms. The molecule has 0 fully saturated rings. The second-order valence-corrected chi connectivity index (χ2v) is 6.23. The Morgan fingerprint density at radius 3 is 2.31 bits per heavy atom. The van der Waals surface area contributed by atoms with Crippen molar-refractivity contribution in [3.63, 3.8) is 0 Å². The van der Waals surface area contributed by atoms with Gasteiger partial charge < -0.3 is 0 Å². The van der Waals surface area contributed by atoms with E-state index in [0.29, 0.717) is 4.47 Å². The van der Waals surface area contributed by atoms with Gasteiger partial charge in [-0.05, 0) is 28.1 Å². The van der Waals surface area contributed by atoms with E-state index in [2.05, 4.69) is 31.9 Å². The van der Waals surface area contributed by atoms with Crippen LogP contribution < -0.4 is 0 Å². The number of sulfone groups is 1. The molecular formula is C7H5Br2FO2S. The van der Waals surface area contributed by atoms with Crippen LogP contribution in [0.5, 0.6) is 0 Å². The van der Waals surface area contributed by atoms with Crippen LogP contribution in [-0.2, 0) is 9.84 Å². The zero-order chi connectivity index (χ0) is 10.2. The van der Waals surface area contributed by atoms with Crippen LogP contribution in [0.4, 0.5) is 4.39 Å². The predicted octanol–water partition coefficient (Wildman–Crippen LogP) is 2.75. The molecule has 0 bridgehead atoms. The minimum Gasteiger partial charge on any atom is -0.224 e. The smallest absolute Gasteiger partial charge is 0.178 e. The Bertz CT molecular complexity index is 442. The van der Waals surface area contributed by atoms with Gasteiger partial charge in [-0.1, -0.05) is 15.9 Å². The summed E-state index contributed by atoms with van der Waals surface area (Å²) >= 11 is 6.00. The van der Waals surface area contributed by atoms with Crippen molar-refractivity contribution in [1.29, 1.82) is 0 Å². The van der Waals surface area contributed by atoms with Gasteiger partial charge in [-0.25, -0.2) is 12.8 Å². The van der Waals surface area contributed by atoms with E-state index in [1.165, 1.54) is 12.1 Å². The number of halogens is 3. The molecule has 72 valence electrons. The number of benzene rings is 1. The highest BCUT2D eigenvalue weighted by Crippen LogP contribution is 2.27. The maximum atomic E-state index is 13.2. The third-order valence-corrected chi connectivity index (χ3v) is 3.49. The van der Waals surface area contributed by atoms with Crippen LogP contribution in [-0.4, -0.2) is 14.7 Å². The van der Waals surface area contributed by atoms with Crippen molar-refractivity contribution < 1.29 is 12.8 Å². The zero-order valence-electron chi connectivity index (χ0n) is 6.51. The lowest BCUT2D eigenvalue weighted by Gasteiger charge is -2.03. The Kier molecular flexibility index (Phi) is 3.14. The van der Waals surface area contributed by atoms with Gasteiger partial charge in [0.05, 0.1) is 4.47 Å². The van der Waals surface area contributed by atoms with E-state index in [1.807, 2.05) is 0 Å². The van der Waals surface area contributed by atoms with Gasteiger partial charge in [-0.15, -0.1) is 0 Å². The lowest BCUT2D eigenvalue weighted by atomic mass is 10.3. The van der Waals surface area contributed by atoms with Gasteiger partial charge in [0.25, 0.3) is 0 Å². The van der Waals surface area contributed by atoms with Crippen molar-refractivity contribution in [1.82, 2.24) is 0 Å². The predicted molar refractivity (Wildman–Crippen MR) is 54.9 cm³/mol. The van der Waals surface area contributed by atoms with Crippen LogP contribution in [0.3, 0.4) is 0 Å². The molecule has 0 aliphatic rings. The van der Waals surface area contributed by atoms with Crippen LogP contribution in [0.2, 0.25) is 0 Å². The van der Waals surface area contributed by atoms with Gasteiger partial charge in [0.2, 0.25) is 0 Å². The summed E-state index contributed by atoms with van der Waals surface area (Å²) < 4.78 is 36.0. The first-order chi connectivity index (χ1) is 5.82. The summed E-state index contributed by atoms with van der Waals surface area (Å²) in [5.74, 6) is -0.759. The fraction of sp³-hybridized carbons (Fsp3) is 0.143. The lowest BCUT2D eigenvalue weighted by molar-refractivity contribution is 0.566. The van der Waals surface area contributed by atoms with E-state index in [0.717, 1.165) is 6.26 Å². The molecule has 1 aromatic carbocycles. The van der Waals surface area contributed by atoms with E-state index in [9.17, 15) is 12.8 Å². The number of hydrogen-bond acceptors (Lipinski definition) is 2. The molecule has 0 saturated carbocycles. The van der Waals surface area contributed by atoms with Crippen molar-refractivity contribution in [3.05, 3.63) is 26.9 Å². The Morgan fingerprint density at radius 1 is 1.31 bits per heavy atom. The van der Waals surface area contributed by atoms with Gasteiger partial charge in [0.15, 0.2) is 15.7 Å². The fourth-order valence-electron chi connectivity index (χ4n) is 0.802. The molecule has 0 N–H and O–H groups in total. The van der Waals surface area contributed by atoms with Crippen molar-refractivity contribution in [3.8, 4) is 0 Å². The maximum absolute atomic E-state index is 13.2. The minimum absolute atomic E-state index is 0.127. The molecule has 0 aromatic heterocycles. The SMILES string of the molecule is CS(=O)(=O)c1cc(Br)cc(Br)c1F. The highest BCUT2D eigenvalue weighted by molar-refractivity contribution is 9.11. The average molecular weight is 332 g/mol. The minimum atomic E-state index is -3.51. The second kappa shape index (κ2) is 3.67. The molecule has 0 heterocycles. The largest absolute Gasteiger partial charge is 0.224 e. The topological polar surface area (TPSA) is 34.1 Å². The first kappa shape index (κ1) is 11.1. The first-order valence-corrected chi connectivity index (χ1v) is 6.64. The summed E-state index contributed by atoms with van der Waals surface area (Å²) in [6.07, 6.45) is 0.963. The van der Waals surface area contributed by atoms with Crippen LogP contribution in [0.15, 0.2) is 26.0 Å². The molecule has 0 aliphatic heterocycles. The Hall–Kier alpha value is 0.0600. The Morgan fingerprint density at radius 2 is 1.85 bits per heavy atom. The van der Waals surface area contributed by atoms with E-state index >= 15 is 0 Å². The summed E-state index contributed by atoms with van der Waals surface area (Å²) in [5, 5.41) is 0. The fourth-order valence-corrected chi connectivity index (χ4v) is 3.09. The normalized spacial score (nSPS) is 11.7. The molecule has 0 amide bonds. The quantitative estimate of drug-likeness (QED) is 0.741. The van der Waals surface area contributed by atoms with E-state index in [4.69, 9.17) is 0 Å². The monoisotopic (exact) mass is 330 g/mol. The molecule has 2 nitrogen and oxygen atoms in total. The van der Waals surface area contributed by atoms with Gasteiger partial charge in [-0.2, -0.15) is 0 Å². The highest BCUT2D eigenvalue weighted by atomic mass is 79.9. The lowest BCUT2D eigenvalue weighted by Crippen LogP contribution is -2.01. The third-order valence-electron chi connectivity index (χ3n) is 1.36. The van der Waals surface area contributed by atoms with E-state index < -0.39 is 15.7 Å². The molecule has 6 heteroatoms. The van der Waals surface area contributed by atoms with Crippen LogP contribution in [0.25, 0.3) is 0 Å². The van der Waals surface area contributed by atoms with Crippen molar-refractivity contribution >= 4 is 41.7 Å². The summed E-state index contributed by atoms with van der Waals surface area (Å²) in [6, 6.07) is 2.68. The molecule has 0 atom stereocenters. The van der Waals surface area contributed by atoms with Gasteiger partial charge in [0.1, 0.15) is 4.90 Å². The summed E-state index contributed by atoms with van der Waals surface area (Å²) in [4.78, 5) is -0.311. The summed E-state index contributed by atoms with van der Waals surface area (Å²) in [5.41, 5.74) is 0. The van der Waals surface area contributed by atoms with Crippen LogP contribution in [0.1, 0.15) is 0 Å². The molecule has 0 saturated heterocycles. The average Bonchev–Trinajstić information content (AvgIpc) is 1.94. The van der Waals surface area contributed by atoms with E-state index in [-0.39, 0.29) is 9.37 Å². The van der Waals surface area contributed by atoms with Crippen molar-refractivity contribution in [2.24, 2.45) is 0 Å². The molecule has 0 aliphatic carbocycles. The van der Waals surface area contributed by atoms with Crippen molar-refractivity contribution in [2.75, 3.05) is 6.26 Å². The van der Waals surface area contributed by atoms with Gasteiger partial charge in [-0.3, -0.25) is 0 Å². The Balaban J connectivity index is 3.56. The molecule has 0 radical (unpaired) electrons. The molecule has 1 aromatic rings. The van der Waals surface area contributed by atoms with Gasteiger partial charge in [0, 0.05) is 10.7 Å². The molecule has 1 rings (SSSR count). The first-order valence-electron chi connectivity index (χ1n) is 3.17. The number of hydrogen-bond donors (Lipinski definition) is 0.